The first-order chi connectivity index (χ1) is 9.00. The maximum atomic E-state index is 12.2. The number of hydrogen-bond acceptors (Lipinski definition) is 3. The van der Waals surface area contributed by atoms with Gasteiger partial charge >= 0.3 is 0 Å². The lowest BCUT2D eigenvalue weighted by molar-refractivity contribution is -0.126. The molecule has 0 aliphatic carbocycles. The predicted octanol–water partition coefficient (Wildman–Crippen LogP) is 1.35. The Balaban J connectivity index is 1.97. The number of amides is 1. The lowest BCUT2D eigenvalue weighted by Gasteiger charge is -2.25. The predicted molar refractivity (Wildman–Crippen MR) is 79.7 cm³/mol. The second-order valence-electron chi connectivity index (χ2n) is 5.28. The van der Waals surface area contributed by atoms with Crippen molar-refractivity contribution < 1.29 is 4.79 Å². The summed E-state index contributed by atoms with van der Waals surface area (Å²) in [6.07, 6.45) is 1.11. The number of carbonyl (C=O) groups excluding carboxylic acids is 1. The minimum Gasteiger partial charge on any atom is -0.354 e. The van der Waals surface area contributed by atoms with Crippen molar-refractivity contribution in [1.29, 1.82) is 0 Å². The zero-order chi connectivity index (χ0) is 13.9. The van der Waals surface area contributed by atoms with E-state index in [1.807, 2.05) is 24.3 Å². The number of nitrogens with two attached hydrogens (primary N) is 1. The Morgan fingerprint density at radius 1 is 1.53 bits per heavy atom. The molecule has 0 aromatic heterocycles. The minimum atomic E-state index is -0.993. The summed E-state index contributed by atoms with van der Waals surface area (Å²) in [4.78, 5) is 12.2. The van der Waals surface area contributed by atoms with Crippen LogP contribution in [0.5, 0.6) is 0 Å². The average molecular weight is 326 g/mol. The third-order valence-electron chi connectivity index (χ3n) is 3.63. The molecule has 19 heavy (non-hydrogen) atoms. The number of benzene rings is 1. The SMILES string of the molecule is CC(N)(C(=O)NCC1CCNC1)c1ccc(Br)cc1. The van der Waals surface area contributed by atoms with Gasteiger partial charge in [-0.1, -0.05) is 28.1 Å². The lowest BCUT2D eigenvalue weighted by atomic mass is 9.92. The first-order valence-electron chi connectivity index (χ1n) is 6.54. The summed E-state index contributed by atoms with van der Waals surface area (Å²) in [7, 11) is 0. The van der Waals surface area contributed by atoms with Gasteiger partial charge in [0, 0.05) is 11.0 Å². The highest BCUT2D eigenvalue weighted by Crippen LogP contribution is 2.20. The molecule has 1 amide bonds. The first kappa shape index (κ1) is 14.5. The van der Waals surface area contributed by atoms with Crippen molar-refractivity contribution in [3.05, 3.63) is 34.3 Å². The van der Waals surface area contributed by atoms with E-state index in [9.17, 15) is 4.79 Å². The zero-order valence-corrected chi connectivity index (χ0v) is 12.7. The van der Waals surface area contributed by atoms with Gasteiger partial charge in [-0.2, -0.15) is 0 Å². The molecule has 2 atom stereocenters. The van der Waals surface area contributed by atoms with Crippen molar-refractivity contribution >= 4 is 21.8 Å². The molecule has 4 nitrogen and oxygen atoms in total. The summed E-state index contributed by atoms with van der Waals surface area (Å²) in [6.45, 7) is 4.45. The summed E-state index contributed by atoms with van der Waals surface area (Å²) in [5.74, 6) is 0.395. The van der Waals surface area contributed by atoms with E-state index in [-0.39, 0.29) is 5.91 Å². The maximum absolute atomic E-state index is 12.2. The molecular weight excluding hydrogens is 306 g/mol. The molecule has 4 N–H and O–H groups in total. The summed E-state index contributed by atoms with van der Waals surface area (Å²) in [5, 5.41) is 6.25. The van der Waals surface area contributed by atoms with Gasteiger partial charge in [0.1, 0.15) is 5.54 Å². The van der Waals surface area contributed by atoms with Gasteiger partial charge in [-0.15, -0.1) is 0 Å². The van der Waals surface area contributed by atoms with Crippen LogP contribution in [0.3, 0.4) is 0 Å². The Hall–Kier alpha value is -0.910. The Labute approximate surface area is 122 Å². The fourth-order valence-corrected chi connectivity index (χ4v) is 2.50. The van der Waals surface area contributed by atoms with Crippen molar-refractivity contribution in [3.63, 3.8) is 0 Å². The Morgan fingerprint density at radius 2 is 2.21 bits per heavy atom. The maximum Gasteiger partial charge on any atom is 0.244 e. The molecular formula is C14H20BrN3O. The Bertz CT molecular complexity index is 439. The number of hydrogen-bond donors (Lipinski definition) is 3. The number of halogens is 1. The van der Waals surface area contributed by atoms with Crippen LogP contribution >= 0.6 is 15.9 Å². The highest BCUT2D eigenvalue weighted by molar-refractivity contribution is 9.10. The van der Waals surface area contributed by atoms with Gasteiger partial charge in [0.05, 0.1) is 0 Å². The van der Waals surface area contributed by atoms with Gasteiger partial charge in [-0.25, -0.2) is 0 Å². The van der Waals surface area contributed by atoms with Crippen LogP contribution in [-0.4, -0.2) is 25.5 Å². The average Bonchev–Trinajstić information content (AvgIpc) is 2.89. The number of carbonyl (C=O) groups is 1. The van der Waals surface area contributed by atoms with E-state index in [0.717, 1.165) is 29.5 Å². The topological polar surface area (TPSA) is 67.2 Å². The van der Waals surface area contributed by atoms with Crippen LogP contribution in [0.2, 0.25) is 0 Å². The molecule has 1 aliphatic heterocycles. The molecule has 5 heteroatoms. The molecule has 1 saturated heterocycles. The largest absolute Gasteiger partial charge is 0.354 e. The fraction of sp³-hybridized carbons (Fsp3) is 0.500. The molecule has 0 spiro atoms. The second kappa shape index (κ2) is 6.03. The van der Waals surface area contributed by atoms with E-state index < -0.39 is 5.54 Å². The lowest BCUT2D eigenvalue weighted by Crippen LogP contribution is -2.50. The Kier molecular flexibility index (Phi) is 4.60. The van der Waals surface area contributed by atoms with E-state index >= 15 is 0 Å². The van der Waals surface area contributed by atoms with E-state index in [0.29, 0.717) is 12.5 Å². The molecule has 0 bridgehead atoms. The molecule has 0 radical (unpaired) electrons. The van der Waals surface area contributed by atoms with Gasteiger partial charge in [0.25, 0.3) is 0 Å². The van der Waals surface area contributed by atoms with Crippen molar-refractivity contribution in [2.75, 3.05) is 19.6 Å². The molecule has 1 fully saturated rings. The normalized spacial score (nSPS) is 21.9. The molecule has 2 unspecified atom stereocenters. The second-order valence-corrected chi connectivity index (χ2v) is 6.19. The van der Waals surface area contributed by atoms with Gasteiger partial charge in [0.15, 0.2) is 0 Å². The molecule has 1 aromatic carbocycles. The van der Waals surface area contributed by atoms with Gasteiger partial charge in [-0.3, -0.25) is 4.79 Å². The molecule has 0 saturated carbocycles. The van der Waals surface area contributed by atoms with Gasteiger partial charge < -0.3 is 16.4 Å². The van der Waals surface area contributed by atoms with Crippen molar-refractivity contribution in [2.45, 2.75) is 18.9 Å². The van der Waals surface area contributed by atoms with Crippen molar-refractivity contribution in [2.24, 2.45) is 11.7 Å². The van der Waals surface area contributed by atoms with Crippen molar-refractivity contribution in [3.8, 4) is 0 Å². The highest BCUT2D eigenvalue weighted by Gasteiger charge is 2.30. The number of rotatable bonds is 4. The van der Waals surface area contributed by atoms with E-state index in [1.54, 1.807) is 6.92 Å². The van der Waals surface area contributed by atoms with Crippen LogP contribution in [0.15, 0.2) is 28.7 Å². The Morgan fingerprint density at radius 3 is 2.79 bits per heavy atom. The monoisotopic (exact) mass is 325 g/mol. The van der Waals surface area contributed by atoms with Crippen LogP contribution in [0.1, 0.15) is 18.9 Å². The summed E-state index contributed by atoms with van der Waals surface area (Å²) in [6, 6.07) is 7.55. The third kappa shape index (κ3) is 3.55. The smallest absolute Gasteiger partial charge is 0.244 e. The standard InChI is InChI=1S/C14H20BrN3O/c1-14(16,11-2-4-12(15)5-3-11)13(19)18-9-10-6-7-17-8-10/h2-5,10,17H,6-9,16H2,1H3,(H,18,19). The van der Waals surface area contributed by atoms with Crippen LogP contribution < -0.4 is 16.4 Å². The van der Waals surface area contributed by atoms with Crippen LogP contribution in [0.25, 0.3) is 0 Å². The van der Waals surface area contributed by atoms with E-state index in [2.05, 4.69) is 26.6 Å². The fourth-order valence-electron chi connectivity index (χ4n) is 2.24. The highest BCUT2D eigenvalue weighted by atomic mass is 79.9. The summed E-state index contributed by atoms with van der Waals surface area (Å²) < 4.78 is 0.976. The van der Waals surface area contributed by atoms with Crippen LogP contribution in [0, 0.1) is 5.92 Å². The van der Waals surface area contributed by atoms with Crippen molar-refractivity contribution in [1.82, 2.24) is 10.6 Å². The summed E-state index contributed by atoms with van der Waals surface area (Å²) in [5.41, 5.74) is 6.00. The number of nitrogens with one attached hydrogen (secondary N) is 2. The molecule has 2 rings (SSSR count). The van der Waals surface area contributed by atoms with E-state index in [1.165, 1.54) is 0 Å². The molecule has 1 aromatic rings. The van der Waals surface area contributed by atoms with Crippen LogP contribution in [0.4, 0.5) is 0 Å². The minimum absolute atomic E-state index is 0.123. The van der Waals surface area contributed by atoms with E-state index in [4.69, 9.17) is 5.73 Å². The summed E-state index contributed by atoms with van der Waals surface area (Å²) >= 11 is 3.38. The quantitative estimate of drug-likeness (QED) is 0.782. The molecule has 104 valence electrons. The third-order valence-corrected chi connectivity index (χ3v) is 4.16. The zero-order valence-electron chi connectivity index (χ0n) is 11.1. The van der Waals surface area contributed by atoms with Gasteiger partial charge in [0.2, 0.25) is 5.91 Å². The molecule has 1 heterocycles. The van der Waals surface area contributed by atoms with Gasteiger partial charge in [-0.05, 0) is 50.0 Å². The van der Waals surface area contributed by atoms with Crippen LogP contribution in [-0.2, 0) is 10.3 Å². The molecule has 1 aliphatic rings. The first-order valence-corrected chi connectivity index (χ1v) is 7.33.